The summed E-state index contributed by atoms with van der Waals surface area (Å²) in [4.78, 5) is 4.35. The highest BCUT2D eigenvalue weighted by molar-refractivity contribution is 5.59. The Kier molecular flexibility index (Phi) is 2.60. The first-order valence-electron chi connectivity index (χ1n) is 4.97. The van der Waals surface area contributed by atoms with Crippen molar-refractivity contribution in [2.45, 2.75) is 19.4 Å². The van der Waals surface area contributed by atoms with Gasteiger partial charge in [-0.15, -0.1) is 0 Å². The Labute approximate surface area is 88.7 Å². The molecular formula is C11H15N3O. The van der Waals surface area contributed by atoms with E-state index in [4.69, 9.17) is 10.5 Å². The Hall–Kier alpha value is -1.55. The average molecular weight is 205 g/mol. The van der Waals surface area contributed by atoms with E-state index in [1.165, 1.54) is 0 Å². The number of nitrogens with zero attached hydrogens (tertiary/aromatic N) is 2. The molecule has 2 heterocycles. The molecule has 0 spiro atoms. The van der Waals surface area contributed by atoms with Crippen LogP contribution in [0.2, 0.25) is 0 Å². The van der Waals surface area contributed by atoms with E-state index in [-0.39, 0.29) is 6.04 Å². The molecule has 4 nitrogen and oxygen atoms in total. The summed E-state index contributed by atoms with van der Waals surface area (Å²) in [6.45, 7) is 1.97. The van der Waals surface area contributed by atoms with Crippen LogP contribution in [0.15, 0.2) is 24.5 Å². The highest BCUT2D eigenvalue weighted by Gasteiger charge is 2.08. The molecule has 2 aromatic rings. The molecule has 80 valence electrons. The van der Waals surface area contributed by atoms with Crippen LogP contribution in [-0.2, 0) is 6.42 Å². The molecule has 0 saturated heterocycles. The lowest BCUT2D eigenvalue weighted by molar-refractivity contribution is 0.418. The molecule has 4 heteroatoms. The van der Waals surface area contributed by atoms with E-state index in [0.717, 1.165) is 23.5 Å². The molecule has 2 rings (SSSR count). The van der Waals surface area contributed by atoms with Gasteiger partial charge in [0.1, 0.15) is 17.1 Å². The average Bonchev–Trinajstić information content (AvgIpc) is 2.61. The van der Waals surface area contributed by atoms with E-state index in [0.29, 0.717) is 0 Å². The second kappa shape index (κ2) is 3.90. The predicted octanol–water partition coefficient (Wildman–Crippen LogP) is 1.23. The number of imidazole rings is 1. The van der Waals surface area contributed by atoms with Crippen molar-refractivity contribution in [3.63, 3.8) is 0 Å². The first-order chi connectivity index (χ1) is 7.22. The van der Waals surface area contributed by atoms with Crippen molar-refractivity contribution in [3.05, 3.63) is 30.4 Å². The zero-order chi connectivity index (χ0) is 10.8. The highest BCUT2D eigenvalue weighted by Crippen LogP contribution is 2.20. The number of hydrogen-bond donors (Lipinski definition) is 1. The van der Waals surface area contributed by atoms with Crippen LogP contribution in [0.3, 0.4) is 0 Å². The number of hydrogen-bond acceptors (Lipinski definition) is 3. The Balaban J connectivity index is 2.51. The largest absolute Gasteiger partial charge is 0.494 e. The molecule has 0 aliphatic rings. The number of methoxy groups -OCH3 is 1. The maximum Gasteiger partial charge on any atom is 0.144 e. The summed E-state index contributed by atoms with van der Waals surface area (Å²) in [5.74, 6) is 1.81. The van der Waals surface area contributed by atoms with Crippen LogP contribution in [-0.4, -0.2) is 22.5 Å². The number of pyridine rings is 1. The Morgan fingerprint density at radius 1 is 1.60 bits per heavy atom. The predicted molar refractivity (Wildman–Crippen MR) is 59.1 cm³/mol. The summed E-state index contributed by atoms with van der Waals surface area (Å²) >= 11 is 0. The summed E-state index contributed by atoms with van der Waals surface area (Å²) in [5, 5.41) is 0. The van der Waals surface area contributed by atoms with Crippen molar-refractivity contribution in [1.82, 2.24) is 9.38 Å². The lowest BCUT2D eigenvalue weighted by Crippen LogP contribution is -2.19. The van der Waals surface area contributed by atoms with Crippen molar-refractivity contribution in [2.75, 3.05) is 7.11 Å². The topological polar surface area (TPSA) is 52.5 Å². The van der Waals surface area contributed by atoms with E-state index >= 15 is 0 Å². The maximum atomic E-state index is 5.76. The van der Waals surface area contributed by atoms with E-state index < -0.39 is 0 Å². The van der Waals surface area contributed by atoms with Gasteiger partial charge in [0.05, 0.1) is 13.3 Å². The summed E-state index contributed by atoms with van der Waals surface area (Å²) in [7, 11) is 1.66. The lowest BCUT2D eigenvalue weighted by atomic mass is 10.2. The van der Waals surface area contributed by atoms with Crippen LogP contribution in [0.1, 0.15) is 12.7 Å². The zero-order valence-electron chi connectivity index (χ0n) is 8.97. The van der Waals surface area contributed by atoms with Crippen LogP contribution < -0.4 is 10.5 Å². The molecule has 1 atom stereocenters. The fourth-order valence-electron chi connectivity index (χ4n) is 1.66. The van der Waals surface area contributed by atoms with Gasteiger partial charge in [0, 0.05) is 18.7 Å². The molecule has 0 aliphatic heterocycles. The molecule has 0 amide bonds. The van der Waals surface area contributed by atoms with Crippen LogP contribution in [0, 0.1) is 0 Å². The van der Waals surface area contributed by atoms with E-state index in [2.05, 4.69) is 4.98 Å². The molecule has 2 aromatic heterocycles. The van der Waals surface area contributed by atoms with Gasteiger partial charge in [-0.1, -0.05) is 0 Å². The number of fused-ring (bicyclic) bond motifs is 1. The van der Waals surface area contributed by atoms with Gasteiger partial charge in [0.25, 0.3) is 0 Å². The second-order valence-corrected chi connectivity index (χ2v) is 3.69. The SMILES string of the molecule is COc1cccn2c(CC(C)N)ncc12. The third kappa shape index (κ3) is 1.80. The van der Waals surface area contributed by atoms with Gasteiger partial charge in [-0.2, -0.15) is 0 Å². The standard InChI is InChI=1S/C11H15N3O/c1-8(12)6-11-13-7-9-10(15-2)4-3-5-14(9)11/h3-5,7-8H,6,12H2,1-2H3. The van der Waals surface area contributed by atoms with Gasteiger partial charge in [0.15, 0.2) is 0 Å². The zero-order valence-corrected chi connectivity index (χ0v) is 8.97. The summed E-state index contributed by atoms with van der Waals surface area (Å²) < 4.78 is 7.27. The molecule has 0 aliphatic carbocycles. The third-order valence-corrected chi connectivity index (χ3v) is 2.33. The molecule has 1 unspecified atom stereocenters. The first-order valence-corrected chi connectivity index (χ1v) is 4.97. The smallest absolute Gasteiger partial charge is 0.144 e. The Morgan fingerprint density at radius 3 is 3.07 bits per heavy atom. The number of ether oxygens (including phenoxy) is 1. The molecule has 0 fully saturated rings. The third-order valence-electron chi connectivity index (χ3n) is 2.33. The van der Waals surface area contributed by atoms with E-state index in [9.17, 15) is 0 Å². The monoisotopic (exact) mass is 205 g/mol. The molecule has 0 saturated carbocycles. The van der Waals surface area contributed by atoms with Crippen molar-refractivity contribution < 1.29 is 4.74 Å². The Bertz CT molecular complexity index is 462. The summed E-state index contributed by atoms with van der Waals surface area (Å²) in [6, 6.07) is 3.98. The first kappa shape index (κ1) is 9.98. The van der Waals surface area contributed by atoms with Crippen molar-refractivity contribution >= 4 is 5.52 Å². The van der Waals surface area contributed by atoms with Crippen LogP contribution in [0.5, 0.6) is 5.75 Å². The van der Waals surface area contributed by atoms with Crippen LogP contribution >= 0.6 is 0 Å². The minimum Gasteiger partial charge on any atom is -0.494 e. The van der Waals surface area contributed by atoms with Gasteiger partial charge in [-0.3, -0.25) is 0 Å². The van der Waals surface area contributed by atoms with Crippen molar-refractivity contribution in [2.24, 2.45) is 5.73 Å². The molecule has 15 heavy (non-hydrogen) atoms. The summed E-state index contributed by atoms with van der Waals surface area (Å²) in [5.41, 5.74) is 6.74. The molecule has 2 N–H and O–H groups in total. The molecular weight excluding hydrogens is 190 g/mol. The quantitative estimate of drug-likeness (QED) is 0.820. The number of aromatic nitrogens is 2. The van der Waals surface area contributed by atoms with Gasteiger partial charge in [-0.25, -0.2) is 4.98 Å². The number of rotatable bonds is 3. The van der Waals surface area contributed by atoms with Gasteiger partial charge >= 0.3 is 0 Å². The van der Waals surface area contributed by atoms with Crippen molar-refractivity contribution in [3.8, 4) is 5.75 Å². The highest BCUT2D eigenvalue weighted by atomic mass is 16.5. The fourth-order valence-corrected chi connectivity index (χ4v) is 1.66. The molecule has 0 radical (unpaired) electrons. The minimum absolute atomic E-state index is 0.113. The minimum atomic E-state index is 0.113. The molecule has 0 aromatic carbocycles. The van der Waals surface area contributed by atoms with Gasteiger partial charge < -0.3 is 14.9 Å². The molecule has 0 bridgehead atoms. The van der Waals surface area contributed by atoms with Crippen LogP contribution in [0.4, 0.5) is 0 Å². The summed E-state index contributed by atoms with van der Waals surface area (Å²) in [6.07, 6.45) is 4.56. The van der Waals surface area contributed by atoms with Gasteiger partial charge in [0.2, 0.25) is 0 Å². The fraction of sp³-hybridized carbons (Fsp3) is 0.364. The Morgan fingerprint density at radius 2 is 2.40 bits per heavy atom. The van der Waals surface area contributed by atoms with E-state index in [1.54, 1.807) is 7.11 Å². The van der Waals surface area contributed by atoms with Gasteiger partial charge in [-0.05, 0) is 19.1 Å². The normalized spacial score (nSPS) is 13.0. The lowest BCUT2D eigenvalue weighted by Gasteiger charge is -2.06. The van der Waals surface area contributed by atoms with E-state index in [1.807, 2.05) is 35.9 Å². The number of nitrogens with two attached hydrogens (primary N) is 1. The van der Waals surface area contributed by atoms with Crippen molar-refractivity contribution in [1.29, 1.82) is 0 Å². The second-order valence-electron chi connectivity index (χ2n) is 3.69. The van der Waals surface area contributed by atoms with Crippen LogP contribution in [0.25, 0.3) is 5.52 Å². The maximum absolute atomic E-state index is 5.76.